The Morgan fingerprint density at radius 1 is 1.13 bits per heavy atom. The summed E-state index contributed by atoms with van der Waals surface area (Å²) in [5, 5.41) is 7.19. The molecule has 0 aliphatic carbocycles. The molecule has 0 unspecified atom stereocenters. The highest BCUT2D eigenvalue weighted by molar-refractivity contribution is 5.94. The molecule has 1 aliphatic rings. The predicted molar refractivity (Wildman–Crippen MR) is 112 cm³/mol. The van der Waals surface area contributed by atoms with E-state index >= 15 is 0 Å². The first-order chi connectivity index (χ1) is 14.7. The van der Waals surface area contributed by atoms with Gasteiger partial charge in [-0.25, -0.2) is 9.67 Å². The molecule has 0 saturated carbocycles. The average Bonchev–Trinajstić information content (AvgIpc) is 3.35. The summed E-state index contributed by atoms with van der Waals surface area (Å²) < 4.78 is 12.4. The number of amides is 1. The lowest BCUT2D eigenvalue weighted by Crippen LogP contribution is -2.43. The van der Waals surface area contributed by atoms with E-state index in [0.29, 0.717) is 25.3 Å². The highest BCUT2D eigenvalue weighted by Gasteiger charge is 2.23. The van der Waals surface area contributed by atoms with Gasteiger partial charge in [0.1, 0.15) is 18.4 Å². The number of nitrogens with zero attached hydrogens (tertiary/aromatic N) is 4. The normalized spacial score (nSPS) is 15.5. The number of carbonyl (C=O) groups excluding carboxylic acids is 1. The van der Waals surface area contributed by atoms with Crippen LogP contribution in [0.3, 0.4) is 0 Å². The second kappa shape index (κ2) is 9.51. The summed E-state index contributed by atoms with van der Waals surface area (Å²) >= 11 is 0. The van der Waals surface area contributed by atoms with E-state index in [-0.39, 0.29) is 11.9 Å². The second-order valence-corrected chi connectivity index (χ2v) is 7.03. The number of aromatic nitrogens is 3. The van der Waals surface area contributed by atoms with Gasteiger partial charge in [0.05, 0.1) is 32.1 Å². The fourth-order valence-corrected chi connectivity index (χ4v) is 3.57. The SMILES string of the molecule is COc1ccc([C@H](CNC(=O)c2ccc(-n3cncn3)cc2)N2CCOCC2)cc1. The van der Waals surface area contributed by atoms with Crippen molar-refractivity contribution >= 4 is 5.91 Å². The zero-order valence-corrected chi connectivity index (χ0v) is 16.9. The molecule has 1 N–H and O–H groups in total. The molecular weight excluding hydrogens is 382 g/mol. The van der Waals surface area contributed by atoms with Crippen molar-refractivity contribution in [3.63, 3.8) is 0 Å². The summed E-state index contributed by atoms with van der Waals surface area (Å²) in [4.78, 5) is 19.0. The van der Waals surface area contributed by atoms with E-state index < -0.39 is 0 Å². The van der Waals surface area contributed by atoms with Gasteiger partial charge in [0.2, 0.25) is 0 Å². The molecule has 1 atom stereocenters. The number of morpholine rings is 1. The Morgan fingerprint density at radius 3 is 2.50 bits per heavy atom. The Balaban J connectivity index is 1.45. The van der Waals surface area contributed by atoms with Crippen LogP contribution < -0.4 is 10.1 Å². The van der Waals surface area contributed by atoms with Gasteiger partial charge in [-0.3, -0.25) is 9.69 Å². The third-order valence-corrected chi connectivity index (χ3v) is 5.26. The van der Waals surface area contributed by atoms with Crippen LogP contribution in [0.2, 0.25) is 0 Å². The number of benzene rings is 2. The number of rotatable bonds is 7. The molecule has 2 heterocycles. The number of ether oxygens (including phenoxy) is 2. The van der Waals surface area contributed by atoms with Gasteiger partial charge in [-0.05, 0) is 42.0 Å². The summed E-state index contributed by atoms with van der Waals surface area (Å²) in [6, 6.07) is 15.4. The number of carbonyl (C=O) groups is 1. The Labute approximate surface area is 175 Å². The van der Waals surface area contributed by atoms with Crippen LogP contribution in [0.1, 0.15) is 22.0 Å². The molecule has 1 fully saturated rings. The third kappa shape index (κ3) is 4.67. The van der Waals surface area contributed by atoms with E-state index in [1.807, 2.05) is 24.3 Å². The molecular formula is C22H25N5O3. The maximum absolute atomic E-state index is 12.8. The van der Waals surface area contributed by atoms with Gasteiger partial charge in [-0.2, -0.15) is 5.10 Å². The average molecular weight is 407 g/mol. The molecule has 156 valence electrons. The molecule has 8 heteroatoms. The van der Waals surface area contributed by atoms with E-state index in [4.69, 9.17) is 9.47 Å². The summed E-state index contributed by atoms with van der Waals surface area (Å²) in [6.07, 6.45) is 3.10. The topological polar surface area (TPSA) is 81.5 Å². The fourth-order valence-electron chi connectivity index (χ4n) is 3.57. The minimum atomic E-state index is -0.105. The van der Waals surface area contributed by atoms with E-state index in [1.54, 1.807) is 30.3 Å². The van der Waals surface area contributed by atoms with Crippen molar-refractivity contribution in [3.8, 4) is 11.4 Å². The predicted octanol–water partition coefficient (Wildman–Crippen LogP) is 2.08. The molecule has 3 aromatic rings. The second-order valence-electron chi connectivity index (χ2n) is 7.03. The van der Waals surface area contributed by atoms with Crippen molar-refractivity contribution in [1.82, 2.24) is 25.0 Å². The molecule has 1 aliphatic heterocycles. The van der Waals surface area contributed by atoms with Gasteiger partial charge in [0.15, 0.2) is 0 Å². The summed E-state index contributed by atoms with van der Waals surface area (Å²) in [6.45, 7) is 3.57. The Bertz CT molecular complexity index is 936. The van der Waals surface area contributed by atoms with Crippen LogP contribution in [-0.2, 0) is 4.74 Å². The molecule has 0 bridgehead atoms. The molecule has 0 radical (unpaired) electrons. The number of hydrogen-bond acceptors (Lipinski definition) is 6. The van der Waals surface area contributed by atoms with Gasteiger partial charge < -0.3 is 14.8 Å². The van der Waals surface area contributed by atoms with Crippen LogP contribution >= 0.6 is 0 Å². The summed E-state index contributed by atoms with van der Waals surface area (Å²) in [5.74, 6) is 0.711. The minimum Gasteiger partial charge on any atom is -0.497 e. The van der Waals surface area contributed by atoms with Crippen molar-refractivity contribution < 1.29 is 14.3 Å². The van der Waals surface area contributed by atoms with Gasteiger partial charge in [0.25, 0.3) is 5.91 Å². The molecule has 2 aromatic carbocycles. The van der Waals surface area contributed by atoms with Crippen LogP contribution in [0.4, 0.5) is 0 Å². The molecule has 1 saturated heterocycles. The third-order valence-electron chi connectivity index (χ3n) is 5.26. The number of nitrogens with one attached hydrogen (secondary N) is 1. The van der Waals surface area contributed by atoms with Crippen LogP contribution in [-0.4, -0.2) is 65.5 Å². The van der Waals surface area contributed by atoms with E-state index in [1.165, 1.54) is 6.33 Å². The lowest BCUT2D eigenvalue weighted by molar-refractivity contribution is 0.0162. The van der Waals surface area contributed by atoms with Crippen LogP contribution in [0, 0.1) is 0 Å². The molecule has 8 nitrogen and oxygen atoms in total. The molecule has 0 spiro atoms. The minimum absolute atomic E-state index is 0.0678. The first kappa shape index (κ1) is 20.1. The van der Waals surface area contributed by atoms with Gasteiger partial charge in [0, 0.05) is 25.2 Å². The van der Waals surface area contributed by atoms with Crippen molar-refractivity contribution in [2.75, 3.05) is 40.0 Å². The van der Waals surface area contributed by atoms with Crippen LogP contribution in [0.5, 0.6) is 5.75 Å². The lowest BCUT2D eigenvalue weighted by Gasteiger charge is -2.35. The van der Waals surface area contributed by atoms with Crippen molar-refractivity contribution in [2.24, 2.45) is 0 Å². The zero-order chi connectivity index (χ0) is 20.8. The smallest absolute Gasteiger partial charge is 0.251 e. The van der Waals surface area contributed by atoms with E-state index in [2.05, 4.69) is 32.4 Å². The maximum Gasteiger partial charge on any atom is 0.251 e. The summed E-state index contributed by atoms with van der Waals surface area (Å²) in [5.41, 5.74) is 2.60. The Kier molecular flexibility index (Phi) is 6.36. The van der Waals surface area contributed by atoms with Gasteiger partial charge in [-0.1, -0.05) is 12.1 Å². The quantitative estimate of drug-likeness (QED) is 0.646. The summed E-state index contributed by atoms with van der Waals surface area (Å²) in [7, 11) is 1.66. The molecule has 1 aromatic heterocycles. The first-order valence-electron chi connectivity index (χ1n) is 9.93. The van der Waals surface area contributed by atoms with Crippen molar-refractivity contribution in [2.45, 2.75) is 6.04 Å². The van der Waals surface area contributed by atoms with Crippen molar-refractivity contribution in [1.29, 1.82) is 0 Å². The molecule has 1 amide bonds. The van der Waals surface area contributed by atoms with Crippen LogP contribution in [0.15, 0.2) is 61.2 Å². The van der Waals surface area contributed by atoms with Crippen LogP contribution in [0.25, 0.3) is 5.69 Å². The standard InChI is InChI=1S/C22H25N5O3/c1-29-20-8-4-17(5-9-20)21(26-10-12-30-13-11-26)14-24-22(28)18-2-6-19(7-3-18)27-16-23-15-25-27/h2-9,15-16,21H,10-14H2,1H3,(H,24,28)/t21-/m0/s1. The largest absolute Gasteiger partial charge is 0.497 e. The Morgan fingerprint density at radius 2 is 1.87 bits per heavy atom. The zero-order valence-electron chi connectivity index (χ0n) is 16.9. The number of methoxy groups -OCH3 is 1. The number of hydrogen-bond donors (Lipinski definition) is 1. The van der Waals surface area contributed by atoms with Gasteiger partial charge >= 0.3 is 0 Å². The highest BCUT2D eigenvalue weighted by Crippen LogP contribution is 2.24. The molecule has 30 heavy (non-hydrogen) atoms. The highest BCUT2D eigenvalue weighted by atomic mass is 16.5. The fraction of sp³-hybridized carbons (Fsp3) is 0.318. The first-order valence-corrected chi connectivity index (χ1v) is 9.93. The van der Waals surface area contributed by atoms with Crippen molar-refractivity contribution in [3.05, 3.63) is 72.3 Å². The molecule has 4 rings (SSSR count). The van der Waals surface area contributed by atoms with E-state index in [9.17, 15) is 4.79 Å². The van der Waals surface area contributed by atoms with E-state index in [0.717, 1.165) is 30.1 Å². The van der Waals surface area contributed by atoms with Gasteiger partial charge in [-0.15, -0.1) is 0 Å². The lowest BCUT2D eigenvalue weighted by atomic mass is 10.0. The maximum atomic E-state index is 12.8. The Hall–Kier alpha value is -3.23. The monoisotopic (exact) mass is 407 g/mol.